The lowest BCUT2D eigenvalue weighted by Crippen LogP contribution is -2.16. The highest BCUT2D eigenvalue weighted by atomic mass is 19.3. The Kier molecular flexibility index (Phi) is 4.78. The van der Waals surface area contributed by atoms with Gasteiger partial charge in [0.05, 0.1) is 0 Å². The Labute approximate surface area is 71.3 Å². The molecule has 12 heavy (non-hydrogen) atoms. The molecule has 0 radical (unpaired) electrons. The molecule has 1 N–H and O–H groups in total. The number of nitrogens with one attached hydrogen (secondary N) is 1. The highest BCUT2D eigenvalue weighted by Gasteiger charge is 2.43. The van der Waals surface area contributed by atoms with Gasteiger partial charge >= 0.3 is 0 Å². The summed E-state index contributed by atoms with van der Waals surface area (Å²) in [5.74, 6) is -1.69. The number of rotatable bonds is 3. The Morgan fingerprint density at radius 2 is 1.92 bits per heavy atom. The van der Waals surface area contributed by atoms with E-state index in [1.807, 2.05) is 0 Å². The van der Waals surface area contributed by atoms with Crippen LogP contribution in [0.3, 0.4) is 0 Å². The van der Waals surface area contributed by atoms with Gasteiger partial charge in [0.2, 0.25) is 12.3 Å². The van der Waals surface area contributed by atoms with E-state index in [1.165, 1.54) is 0 Å². The Hall–Kier alpha value is -0.670. The van der Waals surface area contributed by atoms with Crippen molar-refractivity contribution in [2.45, 2.75) is 32.6 Å². The lowest BCUT2D eigenvalue weighted by atomic mass is 10.2. The average Bonchev–Trinajstić information content (AvgIpc) is 2.63. The van der Waals surface area contributed by atoms with Crippen LogP contribution >= 0.6 is 0 Å². The van der Waals surface area contributed by atoms with Crippen molar-refractivity contribution >= 4 is 6.41 Å². The third-order valence-corrected chi connectivity index (χ3v) is 1.24. The molecule has 2 nitrogen and oxygen atoms in total. The first-order chi connectivity index (χ1) is 5.48. The van der Waals surface area contributed by atoms with Crippen molar-refractivity contribution in [2.75, 3.05) is 6.54 Å². The molecule has 0 aromatic heterocycles. The average molecular weight is 179 g/mol. The molecule has 0 atom stereocenters. The summed E-state index contributed by atoms with van der Waals surface area (Å²) in [4.78, 5) is 9.60. The van der Waals surface area contributed by atoms with Gasteiger partial charge in [-0.15, -0.1) is 0 Å². The van der Waals surface area contributed by atoms with Gasteiger partial charge in [0, 0.05) is 19.4 Å². The second-order valence-corrected chi connectivity index (χ2v) is 3.28. The van der Waals surface area contributed by atoms with Crippen LogP contribution in [0, 0.1) is 5.92 Å². The van der Waals surface area contributed by atoms with Crippen molar-refractivity contribution in [3.63, 3.8) is 0 Å². The first kappa shape index (κ1) is 11.3. The van der Waals surface area contributed by atoms with E-state index in [1.54, 1.807) is 0 Å². The fourth-order valence-corrected chi connectivity index (χ4v) is 0.378. The van der Waals surface area contributed by atoms with Crippen molar-refractivity contribution < 1.29 is 13.6 Å². The molecule has 0 unspecified atom stereocenters. The lowest BCUT2D eigenvalue weighted by Gasteiger charge is -1.98. The minimum atomic E-state index is -2.25. The molecule has 1 aliphatic carbocycles. The van der Waals surface area contributed by atoms with E-state index < -0.39 is 5.92 Å². The quantitative estimate of drug-likeness (QED) is 0.658. The molecule has 4 heteroatoms. The summed E-state index contributed by atoms with van der Waals surface area (Å²) in [6.45, 7) is 4.89. The maximum atomic E-state index is 11.1. The summed E-state index contributed by atoms with van der Waals surface area (Å²) >= 11 is 0. The highest BCUT2D eigenvalue weighted by molar-refractivity contribution is 5.45. The van der Waals surface area contributed by atoms with Crippen molar-refractivity contribution in [3.8, 4) is 0 Å². The van der Waals surface area contributed by atoms with Crippen LogP contribution in [-0.2, 0) is 4.79 Å². The molecule has 1 aliphatic rings. The maximum Gasteiger partial charge on any atom is 0.248 e. The summed E-state index contributed by atoms with van der Waals surface area (Å²) in [6.07, 6.45) is 0.958. The monoisotopic (exact) mass is 179 g/mol. The number of halogens is 2. The van der Waals surface area contributed by atoms with Gasteiger partial charge in [0.25, 0.3) is 0 Å². The molecule has 0 saturated heterocycles. The minimum Gasteiger partial charge on any atom is -0.358 e. The number of alkyl halides is 2. The number of carbonyl (C=O) groups excluding carboxylic acids is 1. The zero-order valence-electron chi connectivity index (χ0n) is 7.44. The van der Waals surface area contributed by atoms with Crippen LogP contribution in [0.1, 0.15) is 26.7 Å². The summed E-state index contributed by atoms with van der Waals surface area (Å²) in [6, 6.07) is 0. The smallest absolute Gasteiger partial charge is 0.248 e. The third kappa shape index (κ3) is 9.33. The normalized spacial score (nSPS) is 17.8. The summed E-state index contributed by atoms with van der Waals surface area (Å²) in [5.41, 5.74) is 0. The molecular formula is C8H15F2NO. The molecule has 1 amide bonds. The van der Waals surface area contributed by atoms with Crippen molar-refractivity contribution in [1.29, 1.82) is 0 Å². The van der Waals surface area contributed by atoms with Gasteiger partial charge in [-0.05, 0) is 5.92 Å². The molecule has 0 aliphatic heterocycles. The Bertz CT molecular complexity index is 131. The number of hydrogen-bond acceptors (Lipinski definition) is 1. The Morgan fingerprint density at radius 3 is 2.00 bits per heavy atom. The minimum absolute atomic E-state index is 0.118. The zero-order chi connectivity index (χ0) is 9.61. The van der Waals surface area contributed by atoms with E-state index in [4.69, 9.17) is 0 Å². The first-order valence-electron chi connectivity index (χ1n) is 4.03. The van der Waals surface area contributed by atoms with Gasteiger partial charge in [-0.3, -0.25) is 4.79 Å². The maximum absolute atomic E-state index is 11.1. The fourth-order valence-electron chi connectivity index (χ4n) is 0.378. The number of hydrogen-bond donors (Lipinski definition) is 1. The summed E-state index contributed by atoms with van der Waals surface area (Å²) in [7, 11) is 0. The van der Waals surface area contributed by atoms with Gasteiger partial charge in [0.1, 0.15) is 0 Å². The standard InChI is InChI=1S/C5H11NO.C3H4F2/c1-5(2)3-6-4-7;4-3(5)1-2-3/h4-5H,3H2,1-2H3,(H,6,7);1-2H2. The fraction of sp³-hybridized carbons (Fsp3) is 0.875. The molecule has 0 heterocycles. The van der Waals surface area contributed by atoms with E-state index >= 15 is 0 Å². The predicted molar refractivity (Wildman–Crippen MR) is 43.1 cm³/mol. The van der Waals surface area contributed by atoms with Crippen molar-refractivity contribution in [3.05, 3.63) is 0 Å². The van der Waals surface area contributed by atoms with Gasteiger partial charge in [0.15, 0.2) is 0 Å². The molecule has 1 saturated carbocycles. The molecule has 1 fully saturated rings. The van der Waals surface area contributed by atoms with Crippen LogP contribution in [0.15, 0.2) is 0 Å². The lowest BCUT2D eigenvalue weighted by molar-refractivity contribution is -0.109. The van der Waals surface area contributed by atoms with E-state index in [0.717, 1.165) is 13.0 Å². The van der Waals surface area contributed by atoms with E-state index in [2.05, 4.69) is 19.2 Å². The van der Waals surface area contributed by atoms with Gasteiger partial charge < -0.3 is 5.32 Å². The Balaban J connectivity index is 0.000000211. The molecular weight excluding hydrogens is 164 g/mol. The number of carbonyl (C=O) groups is 1. The van der Waals surface area contributed by atoms with Crippen LogP contribution < -0.4 is 5.32 Å². The van der Waals surface area contributed by atoms with Crippen LogP contribution in [0.4, 0.5) is 8.78 Å². The third-order valence-electron chi connectivity index (χ3n) is 1.24. The zero-order valence-corrected chi connectivity index (χ0v) is 7.44. The van der Waals surface area contributed by atoms with Gasteiger partial charge in [-0.25, -0.2) is 8.78 Å². The summed E-state index contributed by atoms with van der Waals surface area (Å²) in [5, 5.41) is 2.57. The molecule has 1 rings (SSSR count). The van der Waals surface area contributed by atoms with E-state index in [-0.39, 0.29) is 12.8 Å². The van der Waals surface area contributed by atoms with Crippen molar-refractivity contribution in [1.82, 2.24) is 5.32 Å². The first-order valence-corrected chi connectivity index (χ1v) is 4.03. The SMILES string of the molecule is CC(C)CNC=O.FC1(F)CC1. The largest absolute Gasteiger partial charge is 0.358 e. The summed E-state index contributed by atoms with van der Waals surface area (Å²) < 4.78 is 22.3. The second kappa shape index (κ2) is 5.06. The second-order valence-electron chi connectivity index (χ2n) is 3.28. The molecule has 0 aromatic rings. The predicted octanol–water partition coefficient (Wildman–Crippen LogP) is 1.80. The molecule has 0 spiro atoms. The number of amides is 1. The molecule has 72 valence electrons. The van der Waals surface area contributed by atoms with Crippen LogP contribution in [0.25, 0.3) is 0 Å². The Morgan fingerprint density at radius 1 is 1.50 bits per heavy atom. The van der Waals surface area contributed by atoms with E-state index in [9.17, 15) is 13.6 Å². The van der Waals surface area contributed by atoms with Crippen LogP contribution in [-0.4, -0.2) is 18.9 Å². The van der Waals surface area contributed by atoms with E-state index in [0.29, 0.717) is 5.92 Å². The van der Waals surface area contributed by atoms with Crippen molar-refractivity contribution in [2.24, 2.45) is 5.92 Å². The van der Waals surface area contributed by atoms with Crippen LogP contribution in [0.5, 0.6) is 0 Å². The molecule has 0 aromatic carbocycles. The van der Waals surface area contributed by atoms with Gasteiger partial charge in [-0.1, -0.05) is 13.8 Å². The van der Waals surface area contributed by atoms with Gasteiger partial charge in [-0.2, -0.15) is 0 Å². The highest BCUT2D eigenvalue weighted by Crippen LogP contribution is 2.40. The molecule has 0 bridgehead atoms. The van der Waals surface area contributed by atoms with Crippen LogP contribution in [0.2, 0.25) is 0 Å². The topological polar surface area (TPSA) is 29.1 Å².